The summed E-state index contributed by atoms with van der Waals surface area (Å²) < 4.78 is 34.8. The standard InChI is InChI=1S/C27H44F2O2Si/c1-30-17-3-2-4-18-32-19-15-23(16-20-32)6-5-22-7-9-24(10-8-22)25-11-13-26(14-12-25)31-21-27(28)29/h11-14,22-24,27,32H,2-10,15-21H2,1H3/t22-,23?,24-,32?. The van der Waals surface area contributed by atoms with E-state index in [2.05, 4.69) is 12.1 Å². The van der Waals surface area contributed by atoms with E-state index in [1.54, 1.807) is 25.2 Å². The second-order valence-corrected chi connectivity index (χ2v) is 13.8. The minimum atomic E-state index is -2.42. The van der Waals surface area contributed by atoms with Crippen molar-refractivity contribution >= 4 is 8.80 Å². The van der Waals surface area contributed by atoms with Gasteiger partial charge in [-0.25, -0.2) is 8.78 Å². The Morgan fingerprint density at radius 2 is 1.53 bits per heavy atom. The summed E-state index contributed by atoms with van der Waals surface area (Å²) >= 11 is 0. The minimum Gasteiger partial charge on any atom is -0.488 e. The third kappa shape index (κ3) is 9.13. The monoisotopic (exact) mass is 466 g/mol. The Hall–Kier alpha value is -0.943. The normalized spacial score (nSPS) is 26.4. The van der Waals surface area contributed by atoms with Crippen LogP contribution in [0.25, 0.3) is 0 Å². The van der Waals surface area contributed by atoms with Gasteiger partial charge < -0.3 is 9.47 Å². The molecule has 1 aliphatic carbocycles. The molecule has 2 aliphatic rings. The van der Waals surface area contributed by atoms with E-state index >= 15 is 0 Å². The molecule has 2 fully saturated rings. The maximum Gasteiger partial charge on any atom is 0.272 e. The summed E-state index contributed by atoms with van der Waals surface area (Å²) in [6.07, 6.45) is 12.8. The maximum atomic E-state index is 12.3. The third-order valence-corrected chi connectivity index (χ3v) is 11.5. The zero-order chi connectivity index (χ0) is 22.6. The van der Waals surface area contributed by atoms with E-state index in [1.165, 1.54) is 76.2 Å². The molecule has 0 atom stereocenters. The molecule has 0 radical (unpaired) electrons. The fourth-order valence-corrected chi connectivity index (χ4v) is 9.53. The average molecular weight is 467 g/mol. The molecule has 0 aromatic heterocycles. The van der Waals surface area contributed by atoms with Crippen molar-refractivity contribution in [2.45, 2.75) is 101 Å². The van der Waals surface area contributed by atoms with Crippen LogP contribution >= 0.6 is 0 Å². The highest BCUT2D eigenvalue weighted by atomic mass is 28.3. The van der Waals surface area contributed by atoms with Crippen molar-refractivity contribution in [3.63, 3.8) is 0 Å². The minimum absolute atomic E-state index is 0.419. The van der Waals surface area contributed by atoms with E-state index < -0.39 is 21.8 Å². The SMILES string of the molecule is COCCCCC[SiH]1CCC(CC[C@H]2CC[C@H](c3ccc(OCC(F)F)cc3)CC2)CC1. The summed E-state index contributed by atoms with van der Waals surface area (Å²) in [5.74, 6) is 3.09. The van der Waals surface area contributed by atoms with Gasteiger partial charge in [-0.05, 0) is 67.6 Å². The number of rotatable bonds is 13. The number of hydrogen-bond donors (Lipinski definition) is 0. The van der Waals surface area contributed by atoms with Crippen molar-refractivity contribution in [1.29, 1.82) is 0 Å². The molecule has 0 unspecified atom stereocenters. The Labute approximate surface area is 196 Å². The molecule has 1 aromatic carbocycles. The topological polar surface area (TPSA) is 18.5 Å². The number of ether oxygens (including phenoxy) is 2. The first-order valence-electron chi connectivity index (χ1n) is 13.1. The van der Waals surface area contributed by atoms with Crippen LogP contribution in [0.2, 0.25) is 18.1 Å². The number of alkyl halides is 2. The van der Waals surface area contributed by atoms with Gasteiger partial charge in [0, 0.05) is 22.5 Å². The zero-order valence-corrected chi connectivity index (χ0v) is 21.2. The van der Waals surface area contributed by atoms with Gasteiger partial charge in [-0.1, -0.05) is 68.8 Å². The fourth-order valence-electron chi connectivity index (χ4n) is 5.92. The summed E-state index contributed by atoms with van der Waals surface area (Å²) in [4.78, 5) is 0. The van der Waals surface area contributed by atoms with Crippen molar-refractivity contribution in [2.75, 3.05) is 20.3 Å². The van der Waals surface area contributed by atoms with E-state index in [0.29, 0.717) is 11.7 Å². The first-order valence-corrected chi connectivity index (χ1v) is 15.6. The highest BCUT2D eigenvalue weighted by molar-refractivity contribution is 6.58. The molecule has 0 N–H and O–H groups in total. The molecule has 0 bridgehead atoms. The zero-order valence-electron chi connectivity index (χ0n) is 20.1. The van der Waals surface area contributed by atoms with Gasteiger partial charge in [0.05, 0.1) is 0 Å². The predicted octanol–water partition coefficient (Wildman–Crippen LogP) is 7.84. The largest absolute Gasteiger partial charge is 0.488 e. The Kier molecular flexibility index (Phi) is 11.5. The van der Waals surface area contributed by atoms with E-state index in [0.717, 1.165) is 18.4 Å². The fraction of sp³-hybridized carbons (Fsp3) is 0.778. The first kappa shape index (κ1) is 25.7. The average Bonchev–Trinajstić information content (AvgIpc) is 2.83. The lowest BCUT2D eigenvalue weighted by molar-refractivity contribution is 0.0819. The van der Waals surface area contributed by atoms with Gasteiger partial charge in [0.25, 0.3) is 6.43 Å². The van der Waals surface area contributed by atoms with Crippen LogP contribution in [-0.4, -0.2) is 35.5 Å². The lowest BCUT2D eigenvalue weighted by Gasteiger charge is -2.32. The van der Waals surface area contributed by atoms with Crippen molar-refractivity contribution in [1.82, 2.24) is 0 Å². The van der Waals surface area contributed by atoms with Crippen molar-refractivity contribution in [2.24, 2.45) is 11.8 Å². The molecule has 1 aliphatic heterocycles. The van der Waals surface area contributed by atoms with Gasteiger partial charge in [0.1, 0.15) is 12.4 Å². The molecule has 0 spiro atoms. The maximum absolute atomic E-state index is 12.3. The first-order chi connectivity index (χ1) is 15.6. The molecule has 2 nitrogen and oxygen atoms in total. The molecular weight excluding hydrogens is 422 g/mol. The van der Waals surface area contributed by atoms with Gasteiger partial charge >= 0.3 is 0 Å². The number of methoxy groups -OCH3 is 1. The van der Waals surface area contributed by atoms with Crippen LogP contribution < -0.4 is 4.74 Å². The summed E-state index contributed by atoms with van der Waals surface area (Å²) in [5, 5.41) is 0. The predicted molar refractivity (Wildman–Crippen MR) is 132 cm³/mol. The van der Waals surface area contributed by atoms with E-state index in [1.807, 2.05) is 12.1 Å². The van der Waals surface area contributed by atoms with E-state index in [4.69, 9.17) is 9.47 Å². The van der Waals surface area contributed by atoms with Crippen LogP contribution in [0.5, 0.6) is 5.75 Å². The van der Waals surface area contributed by atoms with Crippen molar-refractivity contribution < 1.29 is 18.3 Å². The highest BCUT2D eigenvalue weighted by Crippen LogP contribution is 2.40. The molecule has 32 heavy (non-hydrogen) atoms. The summed E-state index contributed by atoms with van der Waals surface area (Å²) in [5.41, 5.74) is 1.35. The number of hydrogen-bond acceptors (Lipinski definition) is 2. The Morgan fingerprint density at radius 1 is 0.875 bits per heavy atom. The second kappa shape index (κ2) is 14.3. The lowest BCUT2D eigenvalue weighted by atomic mass is 9.76. The summed E-state index contributed by atoms with van der Waals surface area (Å²) in [6, 6.07) is 12.6. The van der Waals surface area contributed by atoms with Crippen molar-refractivity contribution in [3.8, 4) is 5.75 Å². The lowest BCUT2D eigenvalue weighted by Crippen LogP contribution is -2.22. The summed E-state index contributed by atoms with van der Waals surface area (Å²) in [7, 11) is 1.39. The van der Waals surface area contributed by atoms with Gasteiger partial charge in [0.2, 0.25) is 0 Å². The smallest absolute Gasteiger partial charge is 0.272 e. The molecule has 3 rings (SSSR count). The number of halogens is 2. The van der Waals surface area contributed by atoms with Gasteiger partial charge in [0.15, 0.2) is 0 Å². The van der Waals surface area contributed by atoms with Gasteiger partial charge in [-0.3, -0.25) is 0 Å². The van der Waals surface area contributed by atoms with Crippen LogP contribution in [0, 0.1) is 11.8 Å². The van der Waals surface area contributed by atoms with Crippen LogP contribution in [-0.2, 0) is 4.74 Å². The van der Waals surface area contributed by atoms with E-state index in [9.17, 15) is 8.78 Å². The molecule has 1 saturated carbocycles. The van der Waals surface area contributed by atoms with Gasteiger partial charge in [-0.15, -0.1) is 0 Å². The molecular formula is C27H44F2O2Si. The Balaban J connectivity index is 1.27. The molecule has 1 aromatic rings. The molecule has 1 heterocycles. The quantitative estimate of drug-likeness (QED) is 0.218. The Bertz CT molecular complexity index is 609. The second-order valence-electron chi connectivity index (χ2n) is 10.3. The molecule has 1 saturated heterocycles. The molecule has 182 valence electrons. The van der Waals surface area contributed by atoms with Gasteiger partial charge in [-0.2, -0.15) is 0 Å². The van der Waals surface area contributed by atoms with Crippen LogP contribution in [0.15, 0.2) is 24.3 Å². The molecule has 5 heteroatoms. The highest BCUT2D eigenvalue weighted by Gasteiger charge is 2.25. The van der Waals surface area contributed by atoms with Crippen LogP contribution in [0.3, 0.4) is 0 Å². The third-order valence-electron chi connectivity index (χ3n) is 7.98. The van der Waals surface area contributed by atoms with Crippen LogP contribution in [0.1, 0.15) is 82.1 Å². The van der Waals surface area contributed by atoms with Crippen molar-refractivity contribution in [3.05, 3.63) is 29.8 Å². The van der Waals surface area contributed by atoms with Crippen LogP contribution in [0.4, 0.5) is 8.78 Å². The number of unbranched alkanes of at least 4 members (excludes halogenated alkanes) is 2. The summed E-state index contributed by atoms with van der Waals surface area (Å²) in [6.45, 7) is 0.407. The number of benzene rings is 1. The Morgan fingerprint density at radius 3 is 2.16 bits per heavy atom. The molecule has 0 amide bonds. The van der Waals surface area contributed by atoms with E-state index in [-0.39, 0.29) is 0 Å².